The van der Waals surface area contributed by atoms with Crippen molar-refractivity contribution >= 4 is 247 Å². The Morgan fingerprint density at radius 3 is 1.15 bits per heavy atom. The van der Waals surface area contributed by atoms with E-state index in [0.717, 1.165) is 39.0 Å². The van der Waals surface area contributed by atoms with Crippen LogP contribution in [0.3, 0.4) is 0 Å². The van der Waals surface area contributed by atoms with Crippen molar-refractivity contribution in [3.8, 4) is 22.3 Å². The molecule has 16 heteroatoms. The highest BCUT2D eigenvalue weighted by Crippen LogP contribution is 2.41. The highest BCUT2D eigenvalue weighted by atomic mass is 16.3. The van der Waals surface area contributed by atoms with Gasteiger partial charge in [0.1, 0.15) is 121 Å². The standard InChI is InChI=1S/C44H43B14NO/c45-31-25(27-29(35(49)39(31)53)37(51)43(57)41(55)33(27)47)16-5-3-7-18(13-16)59(20-11-12-24-22(15-20)21-9-1-2-10-23(21)60-24)19-8-4-6-17(14-19)26-28-30(36(50)40(54)32(26)46)38(52)44(58)42(56)34(28)48/h1-15H,45-58H2. The SMILES string of the molecule is Bc1c(B)c(B)c2c(-c3cccc(N(c4cccc(-c5c(B)c(B)c(B)c6c(B)c(B)c(B)c(B)c56)c4)c4ccc5oc6ccccc6c5c4)c3)c(B)c(B)c(B)c2c1B. The van der Waals surface area contributed by atoms with Crippen LogP contribution >= 0.6 is 0 Å². The lowest BCUT2D eigenvalue weighted by molar-refractivity contribution is 0.669. The van der Waals surface area contributed by atoms with Gasteiger partial charge in [0.05, 0.1) is 0 Å². The lowest BCUT2D eigenvalue weighted by atomic mass is 9.59. The largest absolute Gasteiger partial charge is 0.456 e. The minimum atomic E-state index is 0.893. The number of rotatable bonds is 5. The first-order chi connectivity index (χ1) is 28.6. The van der Waals surface area contributed by atoms with Crippen molar-refractivity contribution in [3.63, 3.8) is 0 Å². The summed E-state index contributed by atoms with van der Waals surface area (Å²) in [4.78, 5) is 2.45. The first-order valence-electron chi connectivity index (χ1n) is 21.5. The molecule has 272 valence electrons. The van der Waals surface area contributed by atoms with Gasteiger partial charge in [-0.2, -0.15) is 0 Å². The molecule has 0 saturated heterocycles. The van der Waals surface area contributed by atoms with E-state index in [-0.39, 0.29) is 0 Å². The molecule has 0 unspecified atom stereocenters. The second kappa shape index (κ2) is 14.8. The molecule has 0 atom stereocenters. The molecule has 1 heterocycles. The summed E-state index contributed by atoms with van der Waals surface area (Å²) in [6, 6.07) is 33.5. The van der Waals surface area contributed by atoms with Crippen LogP contribution in [0.15, 0.2) is 95.4 Å². The van der Waals surface area contributed by atoms with E-state index in [1.165, 1.54) is 120 Å². The number of hydrogen-bond donors (Lipinski definition) is 0. The van der Waals surface area contributed by atoms with Crippen LogP contribution in [0.5, 0.6) is 0 Å². The summed E-state index contributed by atoms with van der Waals surface area (Å²) in [5.74, 6) is 0. The molecular formula is C44H43B14NO. The van der Waals surface area contributed by atoms with Crippen LogP contribution in [0.1, 0.15) is 0 Å². The molecular weight excluding hydrogens is 710 g/mol. The van der Waals surface area contributed by atoms with E-state index in [0.29, 0.717) is 0 Å². The zero-order valence-corrected chi connectivity index (χ0v) is 38.0. The van der Waals surface area contributed by atoms with Gasteiger partial charge in [0, 0.05) is 27.8 Å². The predicted molar refractivity (Wildman–Crippen MR) is 309 cm³/mol. The molecule has 0 radical (unpaired) electrons. The zero-order chi connectivity index (χ0) is 42.6. The van der Waals surface area contributed by atoms with Crippen LogP contribution in [-0.4, -0.2) is 110 Å². The summed E-state index contributed by atoms with van der Waals surface area (Å²) in [6.45, 7) is 0. The lowest BCUT2D eigenvalue weighted by Gasteiger charge is -2.29. The maximum atomic E-state index is 6.36. The molecule has 0 saturated carbocycles. The lowest BCUT2D eigenvalue weighted by Crippen LogP contribution is -2.52. The van der Waals surface area contributed by atoms with Gasteiger partial charge >= 0.3 is 0 Å². The average molecular weight is 753 g/mol. The van der Waals surface area contributed by atoms with E-state index in [4.69, 9.17) is 4.42 Å². The fourth-order valence-electron chi connectivity index (χ4n) is 10.5. The van der Waals surface area contributed by atoms with Crippen molar-refractivity contribution in [1.82, 2.24) is 0 Å². The van der Waals surface area contributed by atoms with Crippen molar-refractivity contribution in [2.24, 2.45) is 0 Å². The van der Waals surface area contributed by atoms with Crippen LogP contribution in [0.25, 0.3) is 65.7 Å². The zero-order valence-electron chi connectivity index (χ0n) is 38.0. The van der Waals surface area contributed by atoms with E-state index < -0.39 is 0 Å². The molecule has 2 nitrogen and oxygen atoms in total. The second-order valence-electron chi connectivity index (χ2n) is 17.7. The number of para-hydroxylation sites is 1. The highest BCUT2D eigenvalue weighted by molar-refractivity contribution is 6.73. The first-order valence-corrected chi connectivity index (χ1v) is 21.5. The highest BCUT2D eigenvalue weighted by Gasteiger charge is 2.23. The van der Waals surface area contributed by atoms with E-state index in [2.05, 4.69) is 200 Å². The fraction of sp³-hybridized carbons (Fsp3) is 0. The molecule has 0 amide bonds. The molecule has 0 aliphatic rings. The maximum absolute atomic E-state index is 6.36. The van der Waals surface area contributed by atoms with Crippen LogP contribution in [0.2, 0.25) is 0 Å². The third kappa shape index (κ3) is 5.91. The minimum absolute atomic E-state index is 0.893. The van der Waals surface area contributed by atoms with Crippen LogP contribution < -0.4 is 81.4 Å². The van der Waals surface area contributed by atoms with Crippen molar-refractivity contribution in [2.45, 2.75) is 0 Å². The number of fused-ring (bicyclic) bond motifs is 5. The Bertz CT molecular complexity index is 3160. The van der Waals surface area contributed by atoms with Crippen LogP contribution in [0, 0.1) is 0 Å². The Morgan fingerprint density at radius 1 is 0.300 bits per heavy atom. The summed E-state index contributed by atoms with van der Waals surface area (Å²) in [7, 11) is 32.2. The third-order valence-electron chi connectivity index (χ3n) is 15.0. The van der Waals surface area contributed by atoms with Gasteiger partial charge in [-0.1, -0.05) is 86.2 Å². The molecule has 60 heavy (non-hydrogen) atoms. The summed E-state index contributed by atoms with van der Waals surface area (Å²) in [6.07, 6.45) is 0. The number of furan rings is 1. The van der Waals surface area contributed by atoms with Crippen molar-refractivity contribution in [3.05, 3.63) is 91.0 Å². The van der Waals surface area contributed by atoms with Gasteiger partial charge < -0.3 is 9.32 Å². The van der Waals surface area contributed by atoms with E-state index in [1.54, 1.807) is 0 Å². The summed E-state index contributed by atoms with van der Waals surface area (Å²) < 4.78 is 6.36. The molecule has 1 aromatic heterocycles. The predicted octanol–water partition coefficient (Wildman–Crippen LogP) is -11.7. The molecule has 8 aromatic carbocycles. The summed E-state index contributed by atoms with van der Waals surface area (Å²) >= 11 is 0. The Morgan fingerprint density at radius 2 is 0.683 bits per heavy atom. The van der Waals surface area contributed by atoms with Crippen LogP contribution in [0.4, 0.5) is 17.1 Å². The minimum Gasteiger partial charge on any atom is -0.456 e. The topological polar surface area (TPSA) is 16.4 Å². The number of hydrogen-bond acceptors (Lipinski definition) is 2. The monoisotopic (exact) mass is 755 g/mol. The van der Waals surface area contributed by atoms with E-state index in [1.807, 2.05) is 6.07 Å². The Balaban J connectivity index is 1.34. The van der Waals surface area contributed by atoms with Gasteiger partial charge in [-0.05, 0) is 92.3 Å². The number of nitrogens with zero attached hydrogens (tertiary/aromatic N) is 1. The smallest absolute Gasteiger partial charge is 0.139 e. The van der Waals surface area contributed by atoms with Gasteiger partial charge in [0.2, 0.25) is 0 Å². The van der Waals surface area contributed by atoms with E-state index >= 15 is 0 Å². The van der Waals surface area contributed by atoms with Gasteiger partial charge in [0.15, 0.2) is 0 Å². The second-order valence-corrected chi connectivity index (χ2v) is 17.7. The Hall–Kier alpha value is -5.21. The molecule has 0 aliphatic carbocycles. The Kier molecular flexibility index (Phi) is 9.89. The molecule has 0 N–H and O–H groups in total. The number of benzene rings is 8. The number of anilines is 3. The molecule has 9 rings (SSSR count). The normalized spacial score (nSPS) is 11.6. The van der Waals surface area contributed by atoms with Gasteiger partial charge in [-0.3, -0.25) is 0 Å². The fourth-order valence-corrected chi connectivity index (χ4v) is 10.5. The van der Waals surface area contributed by atoms with Gasteiger partial charge in [-0.25, -0.2) is 0 Å². The van der Waals surface area contributed by atoms with E-state index in [9.17, 15) is 0 Å². The molecule has 0 spiro atoms. The van der Waals surface area contributed by atoms with Crippen molar-refractivity contribution in [1.29, 1.82) is 0 Å². The maximum Gasteiger partial charge on any atom is 0.139 e. The average Bonchev–Trinajstić information content (AvgIpc) is 3.62. The van der Waals surface area contributed by atoms with Gasteiger partial charge in [-0.15, -0.1) is 32.8 Å². The molecule has 9 aromatic rings. The molecule has 0 bridgehead atoms. The van der Waals surface area contributed by atoms with Crippen molar-refractivity contribution in [2.75, 3.05) is 4.90 Å². The quantitative estimate of drug-likeness (QED) is 0.163. The molecule has 0 aliphatic heterocycles. The first kappa shape index (κ1) is 40.2. The third-order valence-corrected chi connectivity index (χ3v) is 15.0. The molecule has 0 fully saturated rings. The van der Waals surface area contributed by atoms with Crippen molar-refractivity contribution < 1.29 is 4.42 Å². The van der Waals surface area contributed by atoms with Crippen LogP contribution in [-0.2, 0) is 0 Å². The Labute approximate surface area is 367 Å². The summed E-state index contributed by atoms with van der Waals surface area (Å²) in [5.41, 5.74) is 29.5. The summed E-state index contributed by atoms with van der Waals surface area (Å²) in [5, 5.41) is 7.78. The van der Waals surface area contributed by atoms with Gasteiger partial charge in [0.25, 0.3) is 0 Å².